The number of carbonyl (C=O) groups is 1. The first kappa shape index (κ1) is 12.4. The second-order valence-corrected chi connectivity index (χ2v) is 7.82. The molecular formula is C17H27NO. The molecule has 19 heavy (non-hydrogen) atoms. The first-order valence-electron chi connectivity index (χ1n) is 8.53. The van der Waals surface area contributed by atoms with Crippen molar-refractivity contribution in [2.75, 3.05) is 6.54 Å². The number of hydrogen-bond donors (Lipinski definition) is 1. The van der Waals surface area contributed by atoms with Crippen LogP contribution >= 0.6 is 0 Å². The summed E-state index contributed by atoms with van der Waals surface area (Å²) >= 11 is 0. The molecule has 0 aromatic rings. The lowest BCUT2D eigenvalue weighted by Gasteiger charge is -2.54. The van der Waals surface area contributed by atoms with E-state index in [0.29, 0.717) is 11.8 Å². The molecule has 4 saturated carbocycles. The summed E-state index contributed by atoms with van der Waals surface area (Å²) in [5.41, 5.74) is 0. The number of rotatable bonds is 3. The molecule has 1 aliphatic heterocycles. The van der Waals surface area contributed by atoms with Gasteiger partial charge in [-0.15, -0.1) is 0 Å². The maximum Gasteiger partial charge on any atom is 0.135 e. The molecule has 0 spiro atoms. The van der Waals surface area contributed by atoms with Crippen LogP contribution in [0.25, 0.3) is 0 Å². The summed E-state index contributed by atoms with van der Waals surface area (Å²) in [6.07, 6.45) is 11.9. The minimum Gasteiger partial charge on any atom is -0.313 e. The average Bonchev–Trinajstić information content (AvgIpc) is 2.37. The summed E-state index contributed by atoms with van der Waals surface area (Å²) in [4.78, 5) is 11.5. The number of Topliss-reactive ketones (excluding diaryl/α,β-unsaturated/α-hetero) is 1. The Kier molecular flexibility index (Phi) is 3.17. The van der Waals surface area contributed by atoms with E-state index in [-0.39, 0.29) is 0 Å². The topological polar surface area (TPSA) is 29.1 Å². The fraction of sp³-hybridized carbons (Fsp3) is 0.941. The molecule has 1 heterocycles. The first-order valence-corrected chi connectivity index (χ1v) is 8.53. The minimum absolute atomic E-state index is 0.480. The van der Waals surface area contributed by atoms with E-state index in [1.165, 1.54) is 38.5 Å². The number of ketones is 1. The molecule has 2 heteroatoms. The van der Waals surface area contributed by atoms with E-state index >= 15 is 0 Å². The summed E-state index contributed by atoms with van der Waals surface area (Å²) in [6, 6.07) is 0.499. The van der Waals surface area contributed by atoms with E-state index in [2.05, 4.69) is 5.32 Å². The maximum atomic E-state index is 11.5. The molecule has 4 bridgehead atoms. The Morgan fingerprint density at radius 1 is 0.947 bits per heavy atom. The van der Waals surface area contributed by atoms with Gasteiger partial charge in [0.15, 0.2) is 0 Å². The van der Waals surface area contributed by atoms with Crippen molar-refractivity contribution >= 4 is 5.78 Å². The zero-order chi connectivity index (χ0) is 12.8. The molecule has 4 aliphatic carbocycles. The van der Waals surface area contributed by atoms with Crippen LogP contribution in [0, 0.1) is 29.6 Å². The van der Waals surface area contributed by atoms with Gasteiger partial charge in [0.25, 0.3) is 0 Å². The van der Waals surface area contributed by atoms with Crippen LogP contribution in [-0.4, -0.2) is 18.4 Å². The molecule has 106 valence electrons. The Morgan fingerprint density at radius 2 is 1.63 bits per heavy atom. The van der Waals surface area contributed by atoms with Crippen LogP contribution in [-0.2, 0) is 4.79 Å². The molecule has 2 nitrogen and oxygen atoms in total. The van der Waals surface area contributed by atoms with Crippen molar-refractivity contribution in [1.29, 1.82) is 0 Å². The van der Waals surface area contributed by atoms with E-state index < -0.39 is 0 Å². The van der Waals surface area contributed by atoms with Crippen molar-refractivity contribution in [2.45, 2.75) is 63.8 Å². The van der Waals surface area contributed by atoms with Crippen LogP contribution in [0.5, 0.6) is 0 Å². The van der Waals surface area contributed by atoms with Gasteiger partial charge in [-0.2, -0.15) is 0 Å². The van der Waals surface area contributed by atoms with E-state index in [4.69, 9.17) is 0 Å². The summed E-state index contributed by atoms with van der Waals surface area (Å²) in [5.74, 6) is 5.77. The largest absolute Gasteiger partial charge is 0.313 e. The highest BCUT2D eigenvalue weighted by Crippen LogP contribution is 2.57. The molecule has 5 fully saturated rings. The summed E-state index contributed by atoms with van der Waals surface area (Å²) in [6.45, 7) is 0.922. The number of hydrogen-bond acceptors (Lipinski definition) is 2. The fourth-order valence-corrected chi connectivity index (χ4v) is 5.97. The van der Waals surface area contributed by atoms with Gasteiger partial charge in [-0.05, 0) is 74.5 Å². The highest BCUT2D eigenvalue weighted by molar-refractivity contribution is 5.79. The van der Waals surface area contributed by atoms with E-state index in [0.717, 1.165) is 49.0 Å². The molecule has 1 saturated heterocycles. The Labute approximate surface area is 116 Å². The van der Waals surface area contributed by atoms with Gasteiger partial charge < -0.3 is 5.32 Å². The predicted molar refractivity (Wildman–Crippen MR) is 75.8 cm³/mol. The van der Waals surface area contributed by atoms with E-state index in [1.807, 2.05) is 0 Å². The smallest absolute Gasteiger partial charge is 0.135 e. The molecule has 0 aromatic carbocycles. The van der Waals surface area contributed by atoms with E-state index in [1.54, 1.807) is 6.42 Å². The van der Waals surface area contributed by atoms with Crippen molar-refractivity contribution in [2.24, 2.45) is 29.6 Å². The van der Waals surface area contributed by atoms with Gasteiger partial charge in [0, 0.05) is 25.4 Å². The van der Waals surface area contributed by atoms with Crippen molar-refractivity contribution in [3.63, 3.8) is 0 Å². The summed E-state index contributed by atoms with van der Waals surface area (Å²) < 4.78 is 0. The SMILES string of the molecule is O=C1CCNC(CCC2C3CC4CC(C3)CC2C4)C1. The van der Waals surface area contributed by atoms with Crippen LogP contribution < -0.4 is 5.32 Å². The Bertz CT molecular complexity index is 336. The average molecular weight is 261 g/mol. The molecule has 0 amide bonds. The Morgan fingerprint density at radius 3 is 2.26 bits per heavy atom. The van der Waals surface area contributed by atoms with Gasteiger partial charge in [0.2, 0.25) is 0 Å². The third-order valence-electron chi connectivity index (χ3n) is 6.58. The lowest BCUT2D eigenvalue weighted by molar-refractivity contribution is -0.120. The van der Waals surface area contributed by atoms with Gasteiger partial charge >= 0.3 is 0 Å². The molecular weight excluding hydrogens is 234 g/mol. The molecule has 5 aliphatic rings. The molecule has 1 N–H and O–H groups in total. The Balaban J connectivity index is 1.34. The van der Waals surface area contributed by atoms with Crippen LogP contribution in [0.2, 0.25) is 0 Å². The number of nitrogens with one attached hydrogen (secondary N) is 1. The zero-order valence-corrected chi connectivity index (χ0v) is 11.9. The zero-order valence-electron chi connectivity index (χ0n) is 11.9. The van der Waals surface area contributed by atoms with Gasteiger partial charge in [-0.25, -0.2) is 0 Å². The van der Waals surface area contributed by atoms with Gasteiger partial charge in [0.1, 0.15) is 5.78 Å². The lowest BCUT2D eigenvalue weighted by atomic mass is 9.51. The lowest BCUT2D eigenvalue weighted by Crippen LogP contribution is -2.46. The van der Waals surface area contributed by atoms with Crippen LogP contribution in [0.3, 0.4) is 0 Å². The first-order chi connectivity index (χ1) is 9.28. The highest BCUT2D eigenvalue weighted by atomic mass is 16.1. The summed E-state index contributed by atoms with van der Waals surface area (Å²) in [7, 11) is 0. The minimum atomic E-state index is 0.480. The monoisotopic (exact) mass is 261 g/mol. The van der Waals surface area contributed by atoms with Crippen molar-refractivity contribution in [3.8, 4) is 0 Å². The van der Waals surface area contributed by atoms with Gasteiger partial charge in [-0.1, -0.05) is 0 Å². The van der Waals surface area contributed by atoms with Crippen LogP contribution in [0.15, 0.2) is 0 Å². The molecule has 0 radical (unpaired) electrons. The van der Waals surface area contributed by atoms with Crippen molar-refractivity contribution in [1.82, 2.24) is 5.32 Å². The quantitative estimate of drug-likeness (QED) is 0.845. The molecule has 1 unspecified atom stereocenters. The maximum absolute atomic E-state index is 11.5. The second kappa shape index (κ2) is 4.87. The standard InChI is InChI=1S/C17H27NO/c19-16-3-4-18-15(10-16)1-2-17-13-6-11-5-12(8-13)9-14(17)7-11/h11-15,17-18H,1-10H2. The third-order valence-corrected chi connectivity index (χ3v) is 6.58. The van der Waals surface area contributed by atoms with Crippen molar-refractivity contribution < 1.29 is 4.79 Å². The van der Waals surface area contributed by atoms with E-state index in [9.17, 15) is 4.79 Å². The Hall–Kier alpha value is -0.370. The summed E-state index contributed by atoms with van der Waals surface area (Å²) in [5, 5.41) is 3.55. The second-order valence-electron chi connectivity index (χ2n) is 7.82. The van der Waals surface area contributed by atoms with Crippen LogP contribution in [0.1, 0.15) is 57.8 Å². The normalized spacial score (nSPS) is 48.7. The third kappa shape index (κ3) is 2.37. The molecule has 0 aromatic heterocycles. The number of piperidine rings is 1. The van der Waals surface area contributed by atoms with Gasteiger partial charge in [-0.3, -0.25) is 4.79 Å². The van der Waals surface area contributed by atoms with Gasteiger partial charge in [0.05, 0.1) is 0 Å². The molecule has 5 rings (SSSR count). The van der Waals surface area contributed by atoms with Crippen LogP contribution in [0.4, 0.5) is 0 Å². The fourth-order valence-electron chi connectivity index (χ4n) is 5.97. The van der Waals surface area contributed by atoms with Crippen molar-refractivity contribution in [3.05, 3.63) is 0 Å². The predicted octanol–water partition coefficient (Wildman–Crippen LogP) is 3.16. The highest BCUT2D eigenvalue weighted by Gasteiger charge is 2.47. The molecule has 1 atom stereocenters. The number of carbonyl (C=O) groups excluding carboxylic acids is 1.